The number of halogens is 1. The first-order chi connectivity index (χ1) is 17.1. The zero-order valence-electron chi connectivity index (χ0n) is 21.4. The highest BCUT2D eigenvalue weighted by molar-refractivity contribution is 5.85. The van der Waals surface area contributed by atoms with Crippen LogP contribution in [0.3, 0.4) is 0 Å². The van der Waals surface area contributed by atoms with Crippen LogP contribution in [0.25, 0.3) is 10.9 Å². The minimum Gasteiger partial charge on any atom is -0.493 e. The molecule has 0 spiro atoms. The Labute approximate surface area is 220 Å². The number of amides is 1. The van der Waals surface area contributed by atoms with E-state index in [-0.39, 0.29) is 18.3 Å². The van der Waals surface area contributed by atoms with Gasteiger partial charge in [0.25, 0.3) is 0 Å². The van der Waals surface area contributed by atoms with Crippen molar-refractivity contribution in [1.82, 2.24) is 14.8 Å². The van der Waals surface area contributed by atoms with Crippen LogP contribution in [0.2, 0.25) is 0 Å². The van der Waals surface area contributed by atoms with Crippen molar-refractivity contribution in [2.24, 2.45) is 5.92 Å². The molecule has 1 N–H and O–H groups in total. The number of benzene rings is 2. The maximum Gasteiger partial charge on any atom is 0.227 e. The Balaban J connectivity index is 0.00000304. The molecule has 0 radical (unpaired) electrons. The molecular weight excluding hydrogens is 474 g/mol. The molecule has 0 bridgehead atoms. The Hall–Kier alpha value is -2.70. The molecule has 6 nitrogen and oxygen atoms in total. The highest BCUT2D eigenvalue weighted by atomic mass is 35.5. The smallest absolute Gasteiger partial charge is 0.227 e. The molecule has 1 atom stereocenters. The van der Waals surface area contributed by atoms with Crippen LogP contribution in [-0.2, 0) is 24.1 Å². The second kappa shape index (κ2) is 12.0. The van der Waals surface area contributed by atoms with Gasteiger partial charge in [0, 0.05) is 36.7 Å². The van der Waals surface area contributed by atoms with E-state index in [0.717, 1.165) is 56.8 Å². The monoisotopic (exact) mass is 511 g/mol. The number of nitrogens with one attached hydrogen (secondary N) is 1. The van der Waals surface area contributed by atoms with Crippen LogP contribution in [0.4, 0.5) is 0 Å². The lowest BCUT2D eigenvalue weighted by atomic mass is 9.96. The molecule has 1 unspecified atom stereocenters. The van der Waals surface area contributed by atoms with E-state index in [9.17, 15) is 4.79 Å². The highest BCUT2D eigenvalue weighted by Gasteiger charge is 2.27. The van der Waals surface area contributed by atoms with Gasteiger partial charge in [0.05, 0.1) is 20.6 Å². The quantitative estimate of drug-likeness (QED) is 0.468. The number of likely N-dealkylation sites (tertiary alicyclic amines) is 1. The van der Waals surface area contributed by atoms with E-state index < -0.39 is 0 Å². The van der Waals surface area contributed by atoms with Gasteiger partial charge < -0.3 is 24.3 Å². The average molecular weight is 512 g/mol. The number of carbonyl (C=O) groups is 1. The SMILES string of the molecule is COc1cc2c(cc1OC)CC(=O)N(CC1CCCN(CCCc3c[nH]c4ccccc34)C1)CC2.Cl. The average Bonchev–Trinajstić information content (AvgIpc) is 3.23. The number of H-pyrrole nitrogens is 1. The Morgan fingerprint density at radius 2 is 1.83 bits per heavy atom. The summed E-state index contributed by atoms with van der Waals surface area (Å²) in [6.45, 7) is 5.02. The number of aromatic nitrogens is 1. The fourth-order valence-electron chi connectivity index (χ4n) is 5.86. The van der Waals surface area contributed by atoms with Gasteiger partial charge in [-0.05, 0) is 86.0 Å². The van der Waals surface area contributed by atoms with Crippen LogP contribution in [0.5, 0.6) is 11.5 Å². The van der Waals surface area contributed by atoms with Gasteiger partial charge in [-0.3, -0.25) is 4.79 Å². The van der Waals surface area contributed by atoms with Gasteiger partial charge in [0.1, 0.15) is 0 Å². The number of rotatable bonds is 8. The fraction of sp³-hybridized carbons (Fsp3) is 0.483. The number of hydrogen-bond donors (Lipinski definition) is 1. The normalized spacial score (nSPS) is 18.4. The van der Waals surface area contributed by atoms with E-state index in [0.29, 0.717) is 18.1 Å². The number of aromatic amines is 1. The van der Waals surface area contributed by atoms with E-state index in [2.05, 4.69) is 45.2 Å². The zero-order valence-corrected chi connectivity index (χ0v) is 22.2. The number of carbonyl (C=O) groups excluding carboxylic acids is 1. The molecule has 2 aliphatic rings. The molecule has 1 fully saturated rings. The van der Waals surface area contributed by atoms with Crippen molar-refractivity contribution in [2.75, 3.05) is 46.9 Å². The predicted octanol–water partition coefficient (Wildman–Crippen LogP) is 4.88. The number of fused-ring (bicyclic) bond motifs is 2. The number of para-hydroxylation sites is 1. The molecule has 1 saturated heterocycles. The van der Waals surface area contributed by atoms with Gasteiger partial charge in [0.2, 0.25) is 5.91 Å². The molecule has 36 heavy (non-hydrogen) atoms. The second-order valence-corrected chi connectivity index (χ2v) is 10.0. The summed E-state index contributed by atoms with van der Waals surface area (Å²) in [5.74, 6) is 2.21. The van der Waals surface area contributed by atoms with Crippen molar-refractivity contribution in [1.29, 1.82) is 0 Å². The van der Waals surface area contributed by atoms with Gasteiger partial charge in [-0.25, -0.2) is 0 Å². The van der Waals surface area contributed by atoms with Crippen molar-refractivity contribution < 1.29 is 14.3 Å². The molecular formula is C29H38ClN3O3. The summed E-state index contributed by atoms with van der Waals surface area (Å²) in [7, 11) is 3.30. The van der Waals surface area contributed by atoms with E-state index in [1.807, 2.05) is 12.1 Å². The number of methoxy groups -OCH3 is 2. The van der Waals surface area contributed by atoms with E-state index in [1.165, 1.54) is 41.4 Å². The third kappa shape index (κ3) is 5.81. The number of aryl methyl sites for hydroxylation is 1. The van der Waals surface area contributed by atoms with Crippen LogP contribution >= 0.6 is 12.4 Å². The molecule has 5 rings (SSSR count). The van der Waals surface area contributed by atoms with Crippen LogP contribution in [-0.4, -0.2) is 67.6 Å². The lowest BCUT2D eigenvalue weighted by Crippen LogP contribution is -2.43. The van der Waals surface area contributed by atoms with Crippen LogP contribution in [0.1, 0.15) is 36.0 Å². The van der Waals surface area contributed by atoms with Crippen molar-refractivity contribution in [3.05, 3.63) is 59.3 Å². The van der Waals surface area contributed by atoms with Crippen molar-refractivity contribution in [3.63, 3.8) is 0 Å². The molecule has 0 aliphatic carbocycles. The molecule has 2 aromatic carbocycles. The lowest BCUT2D eigenvalue weighted by molar-refractivity contribution is -0.131. The van der Waals surface area contributed by atoms with Gasteiger partial charge in [-0.1, -0.05) is 18.2 Å². The molecule has 7 heteroatoms. The number of piperidine rings is 1. The summed E-state index contributed by atoms with van der Waals surface area (Å²) in [4.78, 5) is 21.2. The first-order valence-electron chi connectivity index (χ1n) is 12.9. The van der Waals surface area contributed by atoms with Crippen molar-refractivity contribution in [3.8, 4) is 11.5 Å². The minimum absolute atomic E-state index is 0. The Morgan fingerprint density at radius 1 is 1.06 bits per heavy atom. The second-order valence-electron chi connectivity index (χ2n) is 10.0. The van der Waals surface area contributed by atoms with Gasteiger partial charge in [-0.2, -0.15) is 0 Å². The van der Waals surface area contributed by atoms with Crippen LogP contribution in [0.15, 0.2) is 42.6 Å². The summed E-state index contributed by atoms with van der Waals surface area (Å²) < 4.78 is 10.9. The number of ether oxygens (including phenoxy) is 2. The first-order valence-corrected chi connectivity index (χ1v) is 12.9. The van der Waals surface area contributed by atoms with Crippen molar-refractivity contribution >= 4 is 29.2 Å². The third-order valence-electron chi connectivity index (χ3n) is 7.73. The molecule has 3 aromatic rings. The van der Waals surface area contributed by atoms with Crippen LogP contribution in [0, 0.1) is 5.92 Å². The lowest BCUT2D eigenvalue weighted by Gasteiger charge is -2.35. The molecule has 194 valence electrons. The summed E-state index contributed by atoms with van der Waals surface area (Å²) in [6.07, 6.45) is 8.15. The number of hydrogen-bond acceptors (Lipinski definition) is 4. The van der Waals surface area contributed by atoms with E-state index >= 15 is 0 Å². The molecule has 1 amide bonds. The Kier molecular flexibility index (Phi) is 8.81. The van der Waals surface area contributed by atoms with Gasteiger partial charge in [-0.15, -0.1) is 12.4 Å². The summed E-state index contributed by atoms with van der Waals surface area (Å²) in [5.41, 5.74) is 4.90. The summed E-state index contributed by atoms with van der Waals surface area (Å²) >= 11 is 0. The van der Waals surface area contributed by atoms with E-state index in [4.69, 9.17) is 9.47 Å². The zero-order chi connectivity index (χ0) is 24.2. The summed E-state index contributed by atoms with van der Waals surface area (Å²) in [5, 5.41) is 1.35. The maximum absolute atomic E-state index is 13.1. The van der Waals surface area contributed by atoms with E-state index in [1.54, 1.807) is 14.2 Å². The molecule has 2 aliphatic heterocycles. The van der Waals surface area contributed by atoms with Gasteiger partial charge in [0.15, 0.2) is 11.5 Å². The standard InChI is InChI=1S/C29H37N3O3.ClH/c1-34-27-15-22-11-14-32(29(33)17-24(22)16-28(27)35-2)20-21-7-5-12-31(19-21)13-6-8-23-18-30-26-10-4-3-9-25(23)26;/h3-4,9-10,15-16,18,21,30H,5-8,11-14,17,19-20H2,1-2H3;1H. The molecule has 3 heterocycles. The van der Waals surface area contributed by atoms with Gasteiger partial charge >= 0.3 is 0 Å². The largest absolute Gasteiger partial charge is 0.493 e. The topological polar surface area (TPSA) is 57.8 Å². The third-order valence-corrected chi connectivity index (χ3v) is 7.73. The highest BCUT2D eigenvalue weighted by Crippen LogP contribution is 2.33. The predicted molar refractivity (Wildman–Crippen MR) is 147 cm³/mol. The Morgan fingerprint density at radius 3 is 2.64 bits per heavy atom. The summed E-state index contributed by atoms with van der Waals surface area (Å²) in [6, 6.07) is 12.6. The number of nitrogens with zero attached hydrogens (tertiary/aromatic N) is 2. The Bertz CT molecular complexity index is 1180. The first kappa shape index (κ1) is 26.4. The van der Waals surface area contributed by atoms with Crippen molar-refractivity contribution in [2.45, 2.75) is 38.5 Å². The molecule has 1 aromatic heterocycles. The molecule has 0 saturated carbocycles. The fourth-order valence-corrected chi connectivity index (χ4v) is 5.86. The maximum atomic E-state index is 13.1. The van der Waals surface area contributed by atoms with Crippen LogP contribution < -0.4 is 9.47 Å². The minimum atomic E-state index is 0.